The summed E-state index contributed by atoms with van der Waals surface area (Å²) in [4.78, 5) is 13.1. The summed E-state index contributed by atoms with van der Waals surface area (Å²) in [7, 11) is -3.99. The topological polar surface area (TPSA) is 66.5 Å². The van der Waals surface area contributed by atoms with Gasteiger partial charge in [-0.1, -0.05) is 67.9 Å². The Morgan fingerprint density at radius 3 is 2.32 bits per heavy atom. The predicted octanol–water partition coefficient (Wildman–Crippen LogP) is 5.61. The Morgan fingerprint density at radius 2 is 1.65 bits per heavy atom. The number of hydrogen-bond donors (Lipinski definition) is 1. The molecule has 1 N–H and O–H groups in total. The molecule has 0 radical (unpaired) electrons. The molecule has 0 aliphatic carbocycles. The van der Waals surface area contributed by atoms with Crippen LogP contribution in [0.15, 0.2) is 77.7 Å². The summed E-state index contributed by atoms with van der Waals surface area (Å²) in [5.74, 6) is -0.234. The van der Waals surface area contributed by atoms with Crippen molar-refractivity contribution in [1.82, 2.24) is 0 Å². The van der Waals surface area contributed by atoms with Crippen molar-refractivity contribution >= 4 is 38.9 Å². The summed E-state index contributed by atoms with van der Waals surface area (Å²) >= 11 is 6.16. The second-order valence-corrected chi connectivity index (χ2v) is 9.84. The molecule has 0 aromatic heterocycles. The summed E-state index contributed by atoms with van der Waals surface area (Å²) in [5, 5.41) is 3.26. The van der Waals surface area contributed by atoms with Crippen LogP contribution in [-0.2, 0) is 14.8 Å². The zero-order chi connectivity index (χ0) is 22.6. The Hall–Kier alpha value is -2.83. The fourth-order valence-electron chi connectivity index (χ4n) is 3.31. The van der Waals surface area contributed by atoms with Crippen LogP contribution in [0.4, 0.5) is 11.4 Å². The molecule has 0 aliphatic heterocycles. The highest BCUT2D eigenvalue weighted by molar-refractivity contribution is 7.92. The SMILES string of the molecule is Cc1ccc(Cl)cc1N(CC(=O)Nc1ccccc1C(C)C)S(=O)(=O)c1ccccc1. The smallest absolute Gasteiger partial charge is 0.264 e. The normalized spacial score (nSPS) is 11.4. The summed E-state index contributed by atoms with van der Waals surface area (Å²) in [6.45, 7) is 5.47. The van der Waals surface area contributed by atoms with Gasteiger partial charge in [0.1, 0.15) is 6.54 Å². The number of hydrogen-bond acceptors (Lipinski definition) is 3. The van der Waals surface area contributed by atoms with Gasteiger partial charge in [-0.3, -0.25) is 9.10 Å². The Kier molecular flexibility index (Phi) is 7.03. The molecule has 0 unspecified atom stereocenters. The molecule has 31 heavy (non-hydrogen) atoms. The number of anilines is 2. The zero-order valence-corrected chi connectivity index (χ0v) is 19.2. The second kappa shape index (κ2) is 9.54. The van der Waals surface area contributed by atoms with Crippen molar-refractivity contribution < 1.29 is 13.2 Å². The first-order valence-corrected chi connectivity index (χ1v) is 11.7. The van der Waals surface area contributed by atoms with Crippen molar-refractivity contribution in [2.75, 3.05) is 16.2 Å². The van der Waals surface area contributed by atoms with Crippen LogP contribution in [0.25, 0.3) is 0 Å². The average molecular weight is 457 g/mol. The van der Waals surface area contributed by atoms with Crippen LogP contribution in [0.1, 0.15) is 30.9 Å². The number of aryl methyl sites for hydroxylation is 1. The maximum Gasteiger partial charge on any atom is 0.264 e. The Labute approximate surface area is 188 Å². The Morgan fingerprint density at radius 1 is 1.00 bits per heavy atom. The number of para-hydroxylation sites is 1. The standard InChI is InChI=1S/C24H25ClN2O3S/c1-17(2)21-11-7-8-12-22(21)26-24(28)16-27(23-15-19(25)14-13-18(23)3)31(29,30)20-9-5-4-6-10-20/h4-15,17H,16H2,1-3H3,(H,26,28). The van der Waals surface area contributed by atoms with Crippen molar-refractivity contribution in [3.8, 4) is 0 Å². The molecule has 0 fully saturated rings. The van der Waals surface area contributed by atoms with Crippen LogP contribution >= 0.6 is 11.6 Å². The van der Waals surface area contributed by atoms with Gasteiger partial charge < -0.3 is 5.32 Å². The molecule has 3 aromatic carbocycles. The predicted molar refractivity (Wildman–Crippen MR) is 126 cm³/mol. The van der Waals surface area contributed by atoms with Crippen molar-refractivity contribution in [3.05, 3.63) is 88.9 Å². The van der Waals surface area contributed by atoms with Crippen LogP contribution in [0, 0.1) is 6.92 Å². The van der Waals surface area contributed by atoms with Gasteiger partial charge in [0, 0.05) is 10.7 Å². The van der Waals surface area contributed by atoms with E-state index in [-0.39, 0.29) is 17.4 Å². The second-order valence-electron chi connectivity index (χ2n) is 7.55. The maximum absolute atomic E-state index is 13.5. The Bertz CT molecular complexity index is 1180. The summed E-state index contributed by atoms with van der Waals surface area (Å²) in [5.41, 5.74) is 2.71. The summed E-state index contributed by atoms with van der Waals surface area (Å²) < 4.78 is 28.0. The number of nitrogens with zero attached hydrogens (tertiary/aromatic N) is 1. The highest BCUT2D eigenvalue weighted by atomic mass is 35.5. The first-order valence-electron chi connectivity index (χ1n) is 9.93. The van der Waals surface area contributed by atoms with E-state index in [0.717, 1.165) is 9.87 Å². The van der Waals surface area contributed by atoms with E-state index >= 15 is 0 Å². The third-order valence-corrected chi connectivity index (χ3v) is 6.92. The molecule has 0 bridgehead atoms. The number of benzene rings is 3. The van der Waals surface area contributed by atoms with Crippen LogP contribution in [0.2, 0.25) is 5.02 Å². The van der Waals surface area contributed by atoms with E-state index in [0.29, 0.717) is 22.0 Å². The van der Waals surface area contributed by atoms with E-state index in [1.807, 2.05) is 38.1 Å². The molecule has 0 spiro atoms. The number of halogens is 1. The third kappa shape index (κ3) is 5.27. The molecule has 3 aromatic rings. The van der Waals surface area contributed by atoms with Crippen molar-refractivity contribution in [1.29, 1.82) is 0 Å². The van der Waals surface area contributed by atoms with Gasteiger partial charge in [0.2, 0.25) is 5.91 Å². The minimum atomic E-state index is -3.99. The first-order chi connectivity index (χ1) is 14.7. The van der Waals surface area contributed by atoms with E-state index < -0.39 is 15.9 Å². The van der Waals surface area contributed by atoms with Crippen LogP contribution in [-0.4, -0.2) is 20.9 Å². The lowest BCUT2D eigenvalue weighted by molar-refractivity contribution is -0.114. The minimum Gasteiger partial charge on any atom is -0.324 e. The monoisotopic (exact) mass is 456 g/mol. The first kappa shape index (κ1) is 22.8. The van der Waals surface area contributed by atoms with Gasteiger partial charge in [-0.05, 0) is 54.3 Å². The molecule has 7 heteroatoms. The third-order valence-electron chi connectivity index (χ3n) is 4.92. The van der Waals surface area contributed by atoms with Crippen LogP contribution in [0.5, 0.6) is 0 Å². The number of nitrogens with one attached hydrogen (secondary N) is 1. The zero-order valence-electron chi connectivity index (χ0n) is 17.7. The highest BCUT2D eigenvalue weighted by Gasteiger charge is 2.28. The lowest BCUT2D eigenvalue weighted by atomic mass is 10.0. The molecule has 0 heterocycles. The maximum atomic E-state index is 13.5. The van der Waals surface area contributed by atoms with E-state index in [1.54, 1.807) is 43.3 Å². The van der Waals surface area contributed by atoms with E-state index in [2.05, 4.69) is 5.32 Å². The molecule has 0 aliphatic rings. The lowest BCUT2D eigenvalue weighted by Gasteiger charge is -2.26. The summed E-state index contributed by atoms with van der Waals surface area (Å²) in [6.07, 6.45) is 0. The summed E-state index contributed by atoms with van der Waals surface area (Å²) in [6, 6.07) is 20.5. The van der Waals surface area contributed by atoms with Gasteiger partial charge in [0.15, 0.2) is 0 Å². The number of amides is 1. The van der Waals surface area contributed by atoms with E-state index in [1.165, 1.54) is 12.1 Å². The largest absolute Gasteiger partial charge is 0.324 e. The molecule has 162 valence electrons. The quantitative estimate of drug-likeness (QED) is 0.502. The van der Waals surface area contributed by atoms with E-state index in [9.17, 15) is 13.2 Å². The molecular formula is C24H25ClN2O3S. The average Bonchev–Trinajstić information content (AvgIpc) is 2.74. The molecule has 0 saturated heterocycles. The lowest BCUT2D eigenvalue weighted by Crippen LogP contribution is -2.38. The van der Waals surface area contributed by atoms with Gasteiger partial charge in [-0.25, -0.2) is 8.42 Å². The number of carbonyl (C=O) groups is 1. The fraction of sp³-hybridized carbons (Fsp3) is 0.208. The van der Waals surface area contributed by atoms with Gasteiger partial charge in [-0.15, -0.1) is 0 Å². The molecule has 0 atom stereocenters. The van der Waals surface area contributed by atoms with Crippen molar-refractivity contribution in [2.45, 2.75) is 31.6 Å². The van der Waals surface area contributed by atoms with E-state index in [4.69, 9.17) is 11.6 Å². The highest BCUT2D eigenvalue weighted by Crippen LogP contribution is 2.30. The molecule has 3 rings (SSSR count). The minimum absolute atomic E-state index is 0.102. The Balaban J connectivity index is 2.00. The fourth-order valence-corrected chi connectivity index (χ4v) is 4.97. The van der Waals surface area contributed by atoms with Gasteiger partial charge in [-0.2, -0.15) is 0 Å². The molecule has 0 saturated carbocycles. The van der Waals surface area contributed by atoms with Gasteiger partial charge >= 0.3 is 0 Å². The molecular weight excluding hydrogens is 432 g/mol. The van der Waals surface area contributed by atoms with Gasteiger partial charge in [0.05, 0.1) is 10.6 Å². The van der Waals surface area contributed by atoms with Crippen molar-refractivity contribution in [3.63, 3.8) is 0 Å². The molecule has 5 nitrogen and oxygen atoms in total. The van der Waals surface area contributed by atoms with Crippen LogP contribution < -0.4 is 9.62 Å². The van der Waals surface area contributed by atoms with Crippen molar-refractivity contribution in [2.24, 2.45) is 0 Å². The number of rotatable bonds is 7. The molecule has 1 amide bonds. The van der Waals surface area contributed by atoms with Crippen LogP contribution in [0.3, 0.4) is 0 Å². The number of sulfonamides is 1. The number of carbonyl (C=O) groups excluding carboxylic acids is 1. The van der Waals surface area contributed by atoms with Gasteiger partial charge in [0.25, 0.3) is 10.0 Å².